The normalized spacial score (nSPS) is 13.2. The van der Waals surface area contributed by atoms with E-state index in [1.165, 1.54) is 93.8 Å². The lowest BCUT2D eigenvalue weighted by molar-refractivity contribution is 0.660. The standard InChI is InChI=1S/C51H36N2/c1-51(2)43-17-9-6-14-39(43)42-32-38(28-29-44(42)51)53-46-19-11-8-16-41(46)50-48(53)31-30-47-49(50)40-15-7-10-18-45(40)52(47)37-26-24-36(25-27-37)35-22-20-34(21-23-35)33-12-4-3-5-13-33/h3-32H,1-2H3. The molecular formula is C51H36N2. The Labute approximate surface area is 308 Å². The molecule has 0 bridgehead atoms. The summed E-state index contributed by atoms with van der Waals surface area (Å²) in [5, 5.41) is 5.12. The van der Waals surface area contributed by atoms with Crippen LogP contribution in [0, 0.1) is 0 Å². The molecule has 2 heterocycles. The van der Waals surface area contributed by atoms with Gasteiger partial charge in [0, 0.05) is 38.3 Å². The van der Waals surface area contributed by atoms with E-state index >= 15 is 0 Å². The van der Waals surface area contributed by atoms with Gasteiger partial charge >= 0.3 is 0 Å². The lowest BCUT2D eigenvalue weighted by Crippen LogP contribution is -2.14. The van der Waals surface area contributed by atoms with Crippen LogP contribution >= 0.6 is 0 Å². The fourth-order valence-corrected chi connectivity index (χ4v) is 9.21. The van der Waals surface area contributed by atoms with E-state index in [9.17, 15) is 0 Å². The van der Waals surface area contributed by atoms with Crippen LogP contribution in [0.2, 0.25) is 0 Å². The monoisotopic (exact) mass is 676 g/mol. The Bertz CT molecular complexity index is 3050. The van der Waals surface area contributed by atoms with Crippen molar-refractivity contribution in [3.63, 3.8) is 0 Å². The summed E-state index contributed by atoms with van der Waals surface area (Å²) in [5.41, 5.74) is 17.6. The van der Waals surface area contributed by atoms with Gasteiger partial charge in [0.25, 0.3) is 0 Å². The third-order valence-electron chi connectivity index (χ3n) is 11.7. The second-order valence-electron chi connectivity index (χ2n) is 14.9. The van der Waals surface area contributed by atoms with Crippen LogP contribution in [0.3, 0.4) is 0 Å². The number of hydrogen-bond donors (Lipinski definition) is 0. The van der Waals surface area contributed by atoms with E-state index in [4.69, 9.17) is 0 Å². The molecule has 1 aliphatic rings. The van der Waals surface area contributed by atoms with Gasteiger partial charge in [-0.3, -0.25) is 0 Å². The highest BCUT2D eigenvalue weighted by molar-refractivity contribution is 6.28. The highest BCUT2D eigenvalue weighted by atomic mass is 15.0. The fourth-order valence-electron chi connectivity index (χ4n) is 9.21. The van der Waals surface area contributed by atoms with Gasteiger partial charge in [-0.1, -0.05) is 147 Å². The average Bonchev–Trinajstić information content (AvgIpc) is 3.81. The lowest BCUT2D eigenvalue weighted by Gasteiger charge is -2.21. The van der Waals surface area contributed by atoms with Crippen LogP contribution < -0.4 is 0 Å². The van der Waals surface area contributed by atoms with Crippen LogP contribution in [0.15, 0.2) is 182 Å². The first-order valence-electron chi connectivity index (χ1n) is 18.5. The molecule has 0 radical (unpaired) electrons. The summed E-state index contributed by atoms with van der Waals surface area (Å²) >= 11 is 0. The summed E-state index contributed by atoms with van der Waals surface area (Å²) in [4.78, 5) is 0. The molecule has 0 amide bonds. The first-order chi connectivity index (χ1) is 26.1. The van der Waals surface area contributed by atoms with Crippen LogP contribution in [0.25, 0.3) is 88.4 Å². The smallest absolute Gasteiger partial charge is 0.0548 e. The fraction of sp³-hybridized carbons (Fsp3) is 0.0588. The number of aromatic nitrogens is 2. The molecule has 2 heteroatoms. The van der Waals surface area contributed by atoms with Crippen molar-refractivity contribution < 1.29 is 0 Å². The van der Waals surface area contributed by atoms with Crippen molar-refractivity contribution in [1.82, 2.24) is 9.13 Å². The lowest BCUT2D eigenvalue weighted by atomic mass is 9.82. The summed E-state index contributed by atoms with van der Waals surface area (Å²) in [7, 11) is 0. The molecule has 0 saturated carbocycles. The van der Waals surface area contributed by atoms with Crippen molar-refractivity contribution in [2.45, 2.75) is 19.3 Å². The summed E-state index contributed by atoms with van der Waals surface area (Å²) in [6, 6.07) is 67.0. The number of hydrogen-bond acceptors (Lipinski definition) is 0. The van der Waals surface area contributed by atoms with Gasteiger partial charge in [-0.2, -0.15) is 0 Å². The van der Waals surface area contributed by atoms with Gasteiger partial charge in [-0.15, -0.1) is 0 Å². The minimum Gasteiger partial charge on any atom is -0.309 e. The highest BCUT2D eigenvalue weighted by Crippen LogP contribution is 2.50. The van der Waals surface area contributed by atoms with Crippen LogP contribution in [-0.4, -0.2) is 9.13 Å². The molecule has 10 aromatic rings. The Morgan fingerprint density at radius 2 is 0.792 bits per heavy atom. The van der Waals surface area contributed by atoms with Gasteiger partial charge in [0.05, 0.1) is 22.1 Å². The first kappa shape index (κ1) is 30.0. The van der Waals surface area contributed by atoms with Crippen molar-refractivity contribution in [3.8, 4) is 44.8 Å². The van der Waals surface area contributed by atoms with Gasteiger partial charge in [0.15, 0.2) is 0 Å². The van der Waals surface area contributed by atoms with E-state index in [0.717, 1.165) is 5.69 Å². The van der Waals surface area contributed by atoms with Gasteiger partial charge in [0.2, 0.25) is 0 Å². The molecule has 0 N–H and O–H groups in total. The van der Waals surface area contributed by atoms with Crippen molar-refractivity contribution in [3.05, 3.63) is 193 Å². The van der Waals surface area contributed by atoms with Crippen molar-refractivity contribution >= 4 is 43.6 Å². The summed E-state index contributed by atoms with van der Waals surface area (Å²) in [6.07, 6.45) is 0. The van der Waals surface area contributed by atoms with Gasteiger partial charge in [-0.25, -0.2) is 0 Å². The molecule has 0 unspecified atom stereocenters. The Kier molecular flexibility index (Phi) is 6.33. The van der Waals surface area contributed by atoms with Crippen LogP contribution in [0.1, 0.15) is 25.0 Å². The quantitative estimate of drug-likeness (QED) is 0.176. The number of para-hydroxylation sites is 2. The van der Waals surface area contributed by atoms with E-state index in [0.29, 0.717) is 0 Å². The maximum atomic E-state index is 2.47. The Morgan fingerprint density at radius 1 is 0.340 bits per heavy atom. The molecule has 0 fully saturated rings. The number of rotatable bonds is 4. The number of fused-ring (bicyclic) bond motifs is 10. The predicted octanol–water partition coefficient (Wildman–Crippen LogP) is 13.5. The van der Waals surface area contributed by atoms with Crippen LogP contribution in [0.5, 0.6) is 0 Å². The topological polar surface area (TPSA) is 9.86 Å². The third-order valence-corrected chi connectivity index (χ3v) is 11.7. The minimum atomic E-state index is -0.0233. The van der Waals surface area contributed by atoms with E-state index in [1.807, 2.05) is 0 Å². The van der Waals surface area contributed by atoms with Crippen molar-refractivity contribution in [2.75, 3.05) is 0 Å². The SMILES string of the molecule is CC1(C)c2ccccc2-c2cc(-n3c4ccccc4c4c5c6ccccc6n(-c6ccc(-c7ccc(-c8ccccc8)cc7)cc6)c5ccc43)ccc21. The maximum absolute atomic E-state index is 2.47. The van der Waals surface area contributed by atoms with Crippen LogP contribution in [-0.2, 0) is 5.41 Å². The molecule has 53 heavy (non-hydrogen) atoms. The third kappa shape index (κ3) is 4.33. The maximum Gasteiger partial charge on any atom is 0.0548 e. The molecule has 250 valence electrons. The molecule has 0 saturated heterocycles. The second-order valence-corrected chi connectivity index (χ2v) is 14.9. The molecule has 0 atom stereocenters. The molecule has 1 aliphatic carbocycles. The van der Waals surface area contributed by atoms with Crippen LogP contribution in [0.4, 0.5) is 0 Å². The largest absolute Gasteiger partial charge is 0.309 e. The predicted molar refractivity (Wildman–Crippen MR) is 224 cm³/mol. The Hall–Kier alpha value is -6.64. The Balaban J connectivity index is 1.08. The van der Waals surface area contributed by atoms with E-state index in [2.05, 4.69) is 205 Å². The van der Waals surface area contributed by atoms with Gasteiger partial charge in [0.1, 0.15) is 0 Å². The zero-order valence-electron chi connectivity index (χ0n) is 29.7. The van der Waals surface area contributed by atoms with Crippen molar-refractivity contribution in [1.29, 1.82) is 0 Å². The summed E-state index contributed by atoms with van der Waals surface area (Å²) in [6.45, 7) is 4.70. The zero-order valence-corrected chi connectivity index (χ0v) is 29.7. The summed E-state index contributed by atoms with van der Waals surface area (Å²) < 4.78 is 4.91. The van der Waals surface area contributed by atoms with Crippen molar-refractivity contribution in [2.24, 2.45) is 0 Å². The highest BCUT2D eigenvalue weighted by Gasteiger charge is 2.35. The van der Waals surface area contributed by atoms with E-state index < -0.39 is 0 Å². The average molecular weight is 677 g/mol. The van der Waals surface area contributed by atoms with E-state index in [-0.39, 0.29) is 5.41 Å². The van der Waals surface area contributed by atoms with Gasteiger partial charge < -0.3 is 9.13 Å². The molecule has 8 aromatic carbocycles. The van der Waals surface area contributed by atoms with Gasteiger partial charge in [-0.05, 0) is 93.0 Å². The number of benzene rings is 8. The summed E-state index contributed by atoms with van der Waals surface area (Å²) in [5.74, 6) is 0. The number of nitrogens with zero attached hydrogens (tertiary/aromatic N) is 2. The molecule has 0 aliphatic heterocycles. The minimum absolute atomic E-state index is 0.0233. The Morgan fingerprint density at radius 3 is 1.42 bits per heavy atom. The molecule has 2 nitrogen and oxygen atoms in total. The zero-order chi connectivity index (χ0) is 35.3. The first-order valence-corrected chi connectivity index (χ1v) is 18.5. The second kappa shape index (κ2) is 11.2. The molecule has 0 spiro atoms. The molecule has 2 aromatic heterocycles. The molecular weight excluding hydrogens is 641 g/mol. The molecule has 11 rings (SSSR count). The van der Waals surface area contributed by atoms with E-state index in [1.54, 1.807) is 0 Å².